The van der Waals surface area contributed by atoms with Crippen molar-refractivity contribution < 1.29 is 14.6 Å². The van der Waals surface area contributed by atoms with Gasteiger partial charge in [0.1, 0.15) is 5.75 Å². The average molecular weight is 292 g/mol. The average Bonchev–Trinajstić information content (AvgIpc) is 2.77. The lowest BCUT2D eigenvalue weighted by molar-refractivity contribution is 0.103. The first kappa shape index (κ1) is 14.1. The number of fused-ring (bicyclic) bond motifs is 1. The van der Waals surface area contributed by atoms with E-state index in [-0.39, 0.29) is 11.5 Å². The maximum atomic E-state index is 12.8. The molecule has 1 N–H and O–H groups in total. The molecule has 0 amide bonds. The van der Waals surface area contributed by atoms with Crippen LogP contribution in [-0.2, 0) is 4.74 Å². The Balaban J connectivity index is 2.17. The third kappa shape index (κ3) is 2.53. The third-order valence-electron chi connectivity index (χ3n) is 3.70. The van der Waals surface area contributed by atoms with Crippen LogP contribution >= 0.6 is 0 Å². The van der Waals surface area contributed by atoms with Crippen LogP contribution < -0.4 is 0 Å². The fourth-order valence-corrected chi connectivity index (χ4v) is 2.57. The van der Waals surface area contributed by atoms with Gasteiger partial charge >= 0.3 is 0 Å². The van der Waals surface area contributed by atoms with Crippen LogP contribution in [0.25, 0.3) is 12.2 Å². The van der Waals surface area contributed by atoms with E-state index in [1.165, 1.54) is 0 Å². The fourth-order valence-electron chi connectivity index (χ4n) is 2.57. The Kier molecular flexibility index (Phi) is 3.79. The van der Waals surface area contributed by atoms with Crippen molar-refractivity contribution >= 4 is 17.9 Å². The van der Waals surface area contributed by atoms with Gasteiger partial charge in [-0.3, -0.25) is 4.79 Å². The number of ether oxygens (including phenoxy) is 1. The van der Waals surface area contributed by atoms with Crippen LogP contribution in [0.2, 0.25) is 0 Å². The van der Waals surface area contributed by atoms with Gasteiger partial charge in [0.25, 0.3) is 0 Å². The second-order valence-electron chi connectivity index (χ2n) is 5.08. The monoisotopic (exact) mass is 292 g/mol. The molecular weight excluding hydrogens is 276 g/mol. The minimum absolute atomic E-state index is 0.00785. The lowest BCUT2D eigenvalue weighted by Crippen LogP contribution is -2.05. The van der Waals surface area contributed by atoms with Crippen LogP contribution in [0.4, 0.5) is 0 Å². The SMILES string of the molecule is COC1=Cc2ccc(O)c(C(=O)c3ccccc3)c2C=CC1. The van der Waals surface area contributed by atoms with Gasteiger partial charge in [0.05, 0.1) is 18.4 Å². The number of methoxy groups -OCH3 is 1. The molecule has 22 heavy (non-hydrogen) atoms. The molecule has 2 aromatic carbocycles. The Labute approximate surface area is 129 Å². The molecule has 0 spiro atoms. The van der Waals surface area contributed by atoms with Crippen molar-refractivity contribution in [1.29, 1.82) is 0 Å². The molecule has 0 saturated carbocycles. The number of allylic oxidation sites excluding steroid dienone is 1. The number of carbonyl (C=O) groups excluding carboxylic acids is 1. The van der Waals surface area contributed by atoms with Crippen LogP contribution in [0.3, 0.4) is 0 Å². The fraction of sp³-hybridized carbons (Fsp3) is 0.105. The molecule has 0 aromatic heterocycles. The number of phenolic OH excluding ortho intramolecular Hbond substituents is 1. The highest BCUT2D eigenvalue weighted by atomic mass is 16.5. The molecule has 3 nitrogen and oxygen atoms in total. The van der Waals surface area contributed by atoms with Crippen LogP contribution in [0.15, 0.2) is 54.3 Å². The summed E-state index contributed by atoms with van der Waals surface area (Å²) in [4.78, 5) is 12.8. The summed E-state index contributed by atoms with van der Waals surface area (Å²) >= 11 is 0. The molecule has 2 aromatic rings. The van der Waals surface area contributed by atoms with Crippen LogP contribution in [0, 0.1) is 0 Å². The van der Waals surface area contributed by atoms with E-state index < -0.39 is 0 Å². The van der Waals surface area contributed by atoms with Crippen LogP contribution in [0.5, 0.6) is 5.75 Å². The largest absolute Gasteiger partial charge is 0.507 e. The third-order valence-corrected chi connectivity index (χ3v) is 3.70. The van der Waals surface area contributed by atoms with Crippen molar-refractivity contribution in [2.45, 2.75) is 6.42 Å². The lowest BCUT2D eigenvalue weighted by atomic mass is 9.93. The van der Waals surface area contributed by atoms with Gasteiger partial charge in [-0.15, -0.1) is 0 Å². The van der Waals surface area contributed by atoms with Crippen molar-refractivity contribution in [3.05, 3.63) is 76.6 Å². The minimum atomic E-state index is -0.186. The van der Waals surface area contributed by atoms with E-state index in [9.17, 15) is 9.90 Å². The number of carbonyl (C=O) groups is 1. The predicted molar refractivity (Wildman–Crippen MR) is 86.6 cm³/mol. The van der Waals surface area contributed by atoms with Crippen molar-refractivity contribution in [3.8, 4) is 5.75 Å². The quantitative estimate of drug-likeness (QED) is 0.869. The maximum absolute atomic E-state index is 12.8. The zero-order valence-corrected chi connectivity index (χ0v) is 12.2. The van der Waals surface area contributed by atoms with Crippen LogP contribution in [-0.4, -0.2) is 18.0 Å². The highest BCUT2D eigenvalue weighted by molar-refractivity contribution is 6.13. The van der Waals surface area contributed by atoms with E-state index >= 15 is 0 Å². The normalized spacial score (nSPS) is 13.0. The van der Waals surface area contributed by atoms with Gasteiger partial charge in [-0.25, -0.2) is 0 Å². The van der Waals surface area contributed by atoms with Crippen LogP contribution in [0.1, 0.15) is 33.5 Å². The zero-order valence-electron chi connectivity index (χ0n) is 12.2. The molecule has 0 radical (unpaired) electrons. The molecule has 0 heterocycles. The Morgan fingerprint density at radius 1 is 1.14 bits per heavy atom. The Hall–Kier alpha value is -2.81. The summed E-state index contributed by atoms with van der Waals surface area (Å²) in [5.74, 6) is 0.624. The number of rotatable bonds is 3. The first-order valence-corrected chi connectivity index (χ1v) is 7.07. The molecule has 3 rings (SSSR count). The number of aromatic hydroxyl groups is 1. The predicted octanol–water partition coefficient (Wildman–Crippen LogP) is 4.03. The van der Waals surface area contributed by atoms with E-state index in [4.69, 9.17) is 4.74 Å². The summed E-state index contributed by atoms with van der Waals surface area (Å²) in [7, 11) is 1.63. The van der Waals surface area contributed by atoms with Crippen molar-refractivity contribution in [3.63, 3.8) is 0 Å². The van der Waals surface area contributed by atoms with E-state index in [1.807, 2.05) is 36.4 Å². The number of hydrogen-bond donors (Lipinski definition) is 1. The molecule has 110 valence electrons. The van der Waals surface area contributed by atoms with E-state index in [0.717, 1.165) is 16.9 Å². The van der Waals surface area contributed by atoms with Gasteiger partial charge < -0.3 is 9.84 Å². The van der Waals surface area contributed by atoms with Crippen molar-refractivity contribution in [2.24, 2.45) is 0 Å². The molecule has 0 fully saturated rings. The van der Waals surface area contributed by atoms with Gasteiger partial charge in [0.2, 0.25) is 0 Å². The Morgan fingerprint density at radius 2 is 1.91 bits per heavy atom. The molecular formula is C19H16O3. The lowest BCUT2D eigenvalue weighted by Gasteiger charge is -2.11. The van der Waals surface area contributed by atoms with E-state index in [2.05, 4.69) is 0 Å². The summed E-state index contributed by atoms with van der Waals surface area (Å²) < 4.78 is 5.31. The summed E-state index contributed by atoms with van der Waals surface area (Å²) in [5, 5.41) is 10.2. The van der Waals surface area contributed by atoms with Crippen molar-refractivity contribution in [1.82, 2.24) is 0 Å². The molecule has 1 aliphatic carbocycles. The molecule has 0 atom stereocenters. The molecule has 0 unspecified atom stereocenters. The van der Waals surface area contributed by atoms with Gasteiger partial charge in [-0.1, -0.05) is 48.6 Å². The molecule has 0 bridgehead atoms. The van der Waals surface area contributed by atoms with Crippen molar-refractivity contribution in [2.75, 3.05) is 7.11 Å². The first-order chi connectivity index (χ1) is 10.7. The second-order valence-corrected chi connectivity index (χ2v) is 5.08. The van der Waals surface area contributed by atoms with Gasteiger partial charge in [-0.05, 0) is 23.3 Å². The number of hydrogen-bond acceptors (Lipinski definition) is 3. The topological polar surface area (TPSA) is 46.5 Å². The summed E-state index contributed by atoms with van der Waals surface area (Å²) in [6, 6.07) is 12.3. The first-order valence-electron chi connectivity index (χ1n) is 7.07. The van der Waals surface area contributed by atoms with Gasteiger partial charge in [-0.2, -0.15) is 0 Å². The molecule has 0 aliphatic heterocycles. The highest BCUT2D eigenvalue weighted by Gasteiger charge is 2.20. The van der Waals surface area contributed by atoms with Gasteiger partial charge in [0, 0.05) is 12.0 Å². The minimum Gasteiger partial charge on any atom is -0.507 e. The summed E-state index contributed by atoms with van der Waals surface area (Å²) in [6.45, 7) is 0. The second kappa shape index (κ2) is 5.90. The Bertz CT molecular complexity index is 771. The maximum Gasteiger partial charge on any atom is 0.197 e. The smallest absolute Gasteiger partial charge is 0.197 e. The number of ketones is 1. The molecule has 0 saturated heterocycles. The summed E-state index contributed by atoms with van der Waals surface area (Å²) in [6.07, 6.45) is 6.36. The molecule has 3 heteroatoms. The number of benzene rings is 2. The van der Waals surface area contributed by atoms with Gasteiger partial charge in [0.15, 0.2) is 5.78 Å². The summed E-state index contributed by atoms with van der Waals surface area (Å²) in [5.41, 5.74) is 2.47. The van der Waals surface area contributed by atoms with E-state index in [1.54, 1.807) is 31.4 Å². The zero-order chi connectivity index (χ0) is 15.5. The highest BCUT2D eigenvalue weighted by Crippen LogP contribution is 2.32. The van der Waals surface area contributed by atoms with E-state index in [0.29, 0.717) is 17.5 Å². The Morgan fingerprint density at radius 3 is 2.64 bits per heavy atom. The number of phenols is 1. The molecule has 1 aliphatic rings. The standard InChI is InChI=1S/C19H16O3/c1-22-15-8-5-9-16-14(12-15)10-11-17(20)18(16)19(21)13-6-3-2-4-7-13/h2-7,9-12,20H,8H2,1H3.